The zero-order chi connectivity index (χ0) is 19.2. The maximum Gasteiger partial charge on any atom is 0.294 e. The van der Waals surface area contributed by atoms with Crippen LogP contribution in [0, 0.1) is 5.82 Å². The molecular weight excluding hydrogens is 347 g/mol. The predicted molar refractivity (Wildman–Crippen MR) is 102 cm³/mol. The maximum absolute atomic E-state index is 14.0. The lowest BCUT2D eigenvalue weighted by molar-refractivity contribution is -0.123. The highest BCUT2D eigenvalue weighted by molar-refractivity contribution is 6.12. The second-order valence-corrected chi connectivity index (χ2v) is 6.19. The summed E-state index contributed by atoms with van der Waals surface area (Å²) < 4.78 is 19.6. The second kappa shape index (κ2) is 8.49. The van der Waals surface area contributed by atoms with Gasteiger partial charge in [-0.1, -0.05) is 43.7 Å². The number of amides is 2. The van der Waals surface area contributed by atoms with E-state index in [2.05, 4.69) is 5.32 Å². The SMILES string of the molecule is CCCCNC(=O)CN1C(=O)/C(=C/c2ccccc2F)Oc2ccccc21. The van der Waals surface area contributed by atoms with Crippen molar-refractivity contribution in [3.8, 4) is 5.75 Å². The van der Waals surface area contributed by atoms with Crippen LogP contribution in [0.4, 0.5) is 10.1 Å². The summed E-state index contributed by atoms with van der Waals surface area (Å²) in [6.07, 6.45) is 3.20. The van der Waals surface area contributed by atoms with Crippen molar-refractivity contribution in [2.45, 2.75) is 19.8 Å². The predicted octanol–water partition coefficient (Wildman–Crippen LogP) is 3.51. The van der Waals surface area contributed by atoms with E-state index in [1.807, 2.05) is 6.92 Å². The van der Waals surface area contributed by atoms with E-state index in [0.29, 0.717) is 18.0 Å². The van der Waals surface area contributed by atoms with Gasteiger partial charge in [-0.3, -0.25) is 14.5 Å². The fourth-order valence-corrected chi connectivity index (χ4v) is 2.76. The topological polar surface area (TPSA) is 58.6 Å². The molecule has 0 saturated heterocycles. The van der Waals surface area contributed by atoms with Crippen molar-refractivity contribution in [3.63, 3.8) is 0 Å². The molecule has 0 radical (unpaired) electrons. The van der Waals surface area contributed by atoms with Gasteiger partial charge in [0.1, 0.15) is 12.4 Å². The van der Waals surface area contributed by atoms with Gasteiger partial charge in [0, 0.05) is 12.1 Å². The highest BCUT2D eigenvalue weighted by Crippen LogP contribution is 2.35. The molecule has 0 aliphatic carbocycles. The molecule has 0 spiro atoms. The normalized spacial score (nSPS) is 14.7. The number of carbonyl (C=O) groups excluding carboxylic acids is 2. The van der Waals surface area contributed by atoms with Crippen LogP contribution in [0.3, 0.4) is 0 Å². The Kier molecular flexibility index (Phi) is 5.86. The number of benzene rings is 2. The molecule has 1 aliphatic heterocycles. The molecule has 27 heavy (non-hydrogen) atoms. The average molecular weight is 368 g/mol. The Labute approximate surface area is 157 Å². The van der Waals surface area contributed by atoms with E-state index < -0.39 is 11.7 Å². The van der Waals surface area contributed by atoms with Gasteiger partial charge in [-0.15, -0.1) is 0 Å². The first kappa shape index (κ1) is 18.6. The van der Waals surface area contributed by atoms with E-state index in [-0.39, 0.29) is 23.8 Å². The fourth-order valence-electron chi connectivity index (χ4n) is 2.76. The van der Waals surface area contributed by atoms with Crippen molar-refractivity contribution < 1.29 is 18.7 Å². The second-order valence-electron chi connectivity index (χ2n) is 6.19. The smallest absolute Gasteiger partial charge is 0.294 e. The molecular formula is C21H21FN2O3. The van der Waals surface area contributed by atoms with Crippen LogP contribution in [0.2, 0.25) is 0 Å². The zero-order valence-electron chi connectivity index (χ0n) is 15.1. The first-order chi connectivity index (χ1) is 13.1. The van der Waals surface area contributed by atoms with Gasteiger partial charge < -0.3 is 10.1 Å². The number of hydrogen-bond acceptors (Lipinski definition) is 3. The van der Waals surface area contributed by atoms with E-state index in [1.54, 1.807) is 42.5 Å². The molecule has 0 bridgehead atoms. The van der Waals surface area contributed by atoms with Crippen molar-refractivity contribution in [1.29, 1.82) is 0 Å². The number of carbonyl (C=O) groups is 2. The Morgan fingerprint density at radius 1 is 1.19 bits per heavy atom. The summed E-state index contributed by atoms with van der Waals surface area (Å²) in [5.74, 6) is -0.772. The standard InChI is InChI=1S/C21H21FN2O3/c1-2-3-12-23-20(25)14-24-17-10-6-7-11-18(17)27-19(21(24)26)13-15-8-4-5-9-16(15)22/h4-11,13H,2-3,12,14H2,1H3,(H,23,25)/b19-13-. The molecule has 0 fully saturated rings. The molecule has 140 valence electrons. The molecule has 2 aromatic rings. The van der Waals surface area contributed by atoms with Crippen LogP contribution in [0.15, 0.2) is 54.3 Å². The van der Waals surface area contributed by atoms with Crippen LogP contribution in [-0.4, -0.2) is 24.9 Å². The number of hydrogen-bond donors (Lipinski definition) is 1. The van der Waals surface area contributed by atoms with Crippen LogP contribution >= 0.6 is 0 Å². The highest BCUT2D eigenvalue weighted by atomic mass is 19.1. The third kappa shape index (κ3) is 4.34. The molecule has 3 rings (SSSR count). The van der Waals surface area contributed by atoms with Gasteiger partial charge >= 0.3 is 0 Å². The highest BCUT2D eigenvalue weighted by Gasteiger charge is 2.31. The van der Waals surface area contributed by atoms with Gasteiger partial charge in [0.05, 0.1) is 5.69 Å². The summed E-state index contributed by atoms with van der Waals surface area (Å²) in [4.78, 5) is 26.5. The van der Waals surface area contributed by atoms with Gasteiger partial charge in [0.2, 0.25) is 5.91 Å². The van der Waals surface area contributed by atoms with Crippen molar-refractivity contribution in [2.24, 2.45) is 0 Å². The number of rotatable bonds is 6. The van der Waals surface area contributed by atoms with Crippen molar-refractivity contribution in [1.82, 2.24) is 5.32 Å². The first-order valence-electron chi connectivity index (χ1n) is 8.92. The maximum atomic E-state index is 14.0. The number of nitrogens with zero attached hydrogens (tertiary/aromatic N) is 1. The molecule has 1 heterocycles. The summed E-state index contributed by atoms with van der Waals surface area (Å²) in [5.41, 5.74) is 0.756. The van der Waals surface area contributed by atoms with Crippen LogP contribution in [0.1, 0.15) is 25.3 Å². The van der Waals surface area contributed by atoms with E-state index in [4.69, 9.17) is 4.74 Å². The minimum Gasteiger partial charge on any atom is -0.449 e. The lowest BCUT2D eigenvalue weighted by Gasteiger charge is -2.30. The van der Waals surface area contributed by atoms with E-state index in [9.17, 15) is 14.0 Å². The van der Waals surface area contributed by atoms with Gasteiger partial charge in [0.15, 0.2) is 11.5 Å². The molecule has 2 aromatic carbocycles. The zero-order valence-corrected chi connectivity index (χ0v) is 15.1. The fraction of sp³-hybridized carbons (Fsp3) is 0.238. The van der Waals surface area contributed by atoms with Crippen molar-refractivity contribution >= 4 is 23.6 Å². The summed E-state index contributed by atoms with van der Waals surface area (Å²) >= 11 is 0. The Bertz CT molecular complexity index is 879. The van der Waals surface area contributed by atoms with Gasteiger partial charge in [-0.05, 0) is 30.7 Å². The van der Waals surface area contributed by atoms with Crippen LogP contribution < -0.4 is 15.0 Å². The first-order valence-corrected chi connectivity index (χ1v) is 8.92. The largest absolute Gasteiger partial charge is 0.449 e. The Morgan fingerprint density at radius 2 is 1.93 bits per heavy atom. The minimum atomic E-state index is -0.484. The van der Waals surface area contributed by atoms with Crippen LogP contribution in [0.5, 0.6) is 5.75 Å². The average Bonchev–Trinajstić information content (AvgIpc) is 2.67. The lowest BCUT2D eigenvalue weighted by atomic mass is 10.1. The molecule has 1 aliphatic rings. The number of unbranched alkanes of at least 4 members (excludes halogenated alkanes) is 1. The van der Waals surface area contributed by atoms with Crippen LogP contribution in [-0.2, 0) is 9.59 Å². The summed E-state index contributed by atoms with van der Waals surface area (Å²) in [6, 6.07) is 13.1. The Morgan fingerprint density at radius 3 is 2.70 bits per heavy atom. The van der Waals surface area contributed by atoms with Gasteiger partial charge in [-0.25, -0.2) is 4.39 Å². The molecule has 0 atom stereocenters. The molecule has 2 amide bonds. The van der Waals surface area contributed by atoms with Crippen LogP contribution in [0.25, 0.3) is 6.08 Å². The molecule has 1 N–H and O–H groups in total. The lowest BCUT2D eigenvalue weighted by Crippen LogP contribution is -2.44. The number of fused-ring (bicyclic) bond motifs is 1. The van der Waals surface area contributed by atoms with Gasteiger partial charge in [0.25, 0.3) is 5.91 Å². The number of nitrogens with one attached hydrogen (secondary N) is 1. The monoisotopic (exact) mass is 368 g/mol. The minimum absolute atomic E-state index is 0.0276. The third-order valence-electron chi connectivity index (χ3n) is 4.18. The number of anilines is 1. The summed E-state index contributed by atoms with van der Waals surface area (Å²) in [6.45, 7) is 2.47. The number of ether oxygens (including phenoxy) is 1. The third-order valence-corrected chi connectivity index (χ3v) is 4.18. The van der Waals surface area contributed by atoms with E-state index >= 15 is 0 Å². The summed E-state index contributed by atoms with van der Waals surface area (Å²) in [7, 11) is 0. The van der Waals surface area contributed by atoms with E-state index in [1.165, 1.54) is 17.0 Å². The Hall–Kier alpha value is -3.15. The molecule has 0 aromatic heterocycles. The van der Waals surface area contributed by atoms with Gasteiger partial charge in [-0.2, -0.15) is 0 Å². The van der Waals surface area contributed by atoms with Crippen molar-refractivity contribution in [3.05, 3.63) is 65.7 Å². The quantitative estimate of drug-likeness (QED) is 0.627. The summed E-state index contributed by atoms with van der Waals surface area (Å²) in [5, 5.41) is 2.80. The van der Waals surface area contributed by atoms with E-state index in [0.717, 1.165) is 12.8 Å². The number of para-hydroxylation sites is 2. The molecule has 6 heteroatoms. The Balaban J connectivity index is 1.89. The molecule has 0 unspecified atom stereocenters. The van der Waals surface area contributed by atoms with Crippen molar-refractivity contribution in [2.75, 3.05) is 18.0 Å². The number of halogens is 1. The molecule has 0 saturated carbocycles. The molecule has 5 nitrogen and oxygen atoms in total.